The van der Waals surface area contributed by atoms with Gasteiger partial charge in [-0.3, -0.25) is 4.98 Å². The minimum absolute atomic E-state index is 0.496. The molecule has 1 fully saturated rings. The van der Waals surface area contributed by atoms with Gasteiger partial charge in [0.15, 0.2) is 0 Å². The highest BCUT2D eigenvalue weighted by atomic mass is 16.5. The Balaban J connectivity index is 1.73. The van der Waals surface area contributed by atoms with Crippen LogP contribution >= 0.6 is 0 Å². The van der Waals surface area contributed by atoms with E-state index in [-0.39, 0.29) is 0 Å². The molecule has 2 rings (SSSR count). The lowest BCUT2D eigenvalue weighted by molar-refractivity contribution is 0.0602. The zero-order valence-corrected chi connectivity index (χ0v) is 12.9. The maximum absolute atomic E-state index is 5.83. The molecule has 0 saturated heterocycles. The third-order valence-corrected chi connectivity index (χ3v) is 3.98. The van der Waals surface area contributed by atoms with Gasteiger partial charge in [0.2, 0.25) is 0 Å². The number of nitrogens with one attached hydrogen (secondary N) is 1. The van der Waals surface area contributed by atoms with Crippen molar-refractivity contribution in [2.75, 3.05) is 20.3 Å². The predicted octanol–water partition coefficient (Wildman–Crippen LogP) is 2.76. The molecule has 0 unspecified atom stereocenters. The summed E-state index contributed by atoms with van der Waals surface area (Å²) >= 11 is 0. The van der Waals surface area contributed by atoms with Crippen molar-refractivity contribution in [1.29, 1.82) is 0 Å². The number of aromatic nitrogens is 1. The minimum Gasteiger partial charge on any atom is -0.496 e. The molecule has 0 atom stereocenters. The van der Waals surface area contributed by atoms with Gasteiger partial charge in [-0.2, -0.15) is 0 Å². The number of aryl methyl sites for hydroxylation is 1. The Morgan fingerprint density at radius 3 is 2.75 bits per heavy atom. The SMILES string of the molecule is COc1c(C)cnc(CNCCOC2CCCC2)c1C. The Morgan fingerprint density at radius 2 is 2.05 bits per heavy atom. The van der Waals surface area contributed by atoms with Gasteiger partial charge in [0, 0.05) is 30.4 Å². The van der Waals surface area contributed by atoms with Crippen molar-refractivity contribution in [2.24, 2.45) is 0 Å². The molecule has 1 aromatic heterocycles. The average molecular weight is 278 g/mol. The summed E-state index contributed by atoms with van der Waals surface area (Å²) < 4.78 is 11.2. The molecule has 1 N–H and O–H groups in total. The molecule has 0 radical (unpaired) electrons. The van der Waals surface area contributed by atoms with Crippen LogP contribution in [0.3, 0.4) is 0 Å². The van der Waals surface area contributed by atoms with Crippen LogP contribution in [0.25, 0.3) is 0 Å². The highest BCUT2D eigenvalue weighted by Crippen LogP contribution is 2.23. The van der Waals surface area contributed by atoms with Gasteiger partial charge >= 0.3 is 0 Å². The van der Waals surface area contributed by atoms with E-state index in [0.717, 1.165) is 42.3 Å². The second kappa shape index (κ2) is 7.60. The quantitative estimate of drug-likeness (QED) is 0.779. The number of nitrogens with zero attached hydrogens (tertiary/aromatic N) is 1. The van der Waals surface area contributed by atoms with Crippen LogP contribution in [0.2, 0.25) is 0 Å². The Bertz CT molecular complexity index is 429. The van der Waals surface area contributed by atoms with E-state index < -0.39 is 0 Å². The normalized spacial score (nSPS) is 15.8. The van der Waals surface area contributed by atoms with E-state index in [1.165, 1.54) is 25.7 Å². The minimum atomic E-state index is 0.496. The molecule has 0 spiro atoms. The molecule has 112 valence electrons. The molecule has 0 aromatic carbocycles. The van der Waals surface area contributed by atoms with E-state index in [2.05, 4.69) is 17.2 Å². The van der Waals surface area contributed by atoms with E-state index in [1.54, 1.807) is 7.11 Å². The largest absolute Gasteiger partial charge is 0.496 e. The molecule has 4 nitrogen and oxygen atoms in total. The van der Waals surface area contributed by atoms with Crippen molar-refractivity contribution in [3.8, 4) is 5.75 Å². The highest BCUT2D eigenvalue weighted by molar-refractivity contribution is 5.40. The lowest BCUT2D eigenvalue weighted by atomic mass is 10.1. The third kappa shape index (κ3) is 3.93. The zero-order valence-electron chi connectivity index (χ0n) is 12.9. The number of rotatable bonds is 7. The molecule has 0 amide bonds. The van der Waals surface area contributed by atoms with Gasteiger partial charge in [-0.25, -0.2) is 0 Å². The number of hydrogen-bond acceptors (Lipinski definition) is 4. The summed E-state index contributed by atoms with van der Waals surface area (Å²) in [5, 5.41) is 3.39. The smallest absolute Gasteiger partial charge is 0.128 e. The fraction of sp³-hybridized carbons (Fsp3) is 0.688. The van der Waals surface area contributed by atoms with Crippen molar-refractivity contribution < 1.29 is 9.47 Å². The van der Waals surface area contributed by atoms with Crippen LogP contribution in [0.4, 0.5) is 0 Å². The molecule has 1 aromatic rings. The first kappa shape index (κ1) is 15.3. The van der Waals surface area contributed by atoms with Gasteiger partial charge in [-0.05, 0) is 26.7 Å². The number of methoxy groups -OCH3 is 1. The van der Waals surface area contributed by atoms with Crippen molar-refractivity contribution >= 4 is 0 Å². The fourth-order valence-electron chi connectivity index (χ4n) is 2.81. The molecule has 1 aliphatic carbocycles. The second-order valence-electron chi connectivity index (χ2n) is 5.50. The monoisotopic (exact) mass is 278 g/mol. The Morgan fingerprint density at radius 1 is 1.30 bits per heavy atom. The Labute approximate surface area is 121 Å². The number of ether oxygens (including phenoxy) is 2. The summed E-state index contributed by atoms with van der Waals surface area (Å²) in [7, 11) is 1.71. The molecular weight excluding hydrogens is 252 g/mol. The van der Waals surface area contributed by atoms with Crippen LogP contribution in [0.15, 0.2) is 6.20 Å². The van der Waals surface area contributed by atoms with Crippen LogP contribution < -0.4 is 10.1 Å². The number of hydrogen-bond donors (Lipinski definition) is 1. The molecule has 4 heteroatoms. The van der Waals surface area contributed by atoms with Gasteiger partial charge in [-0.15, -0.1) is 0 Å². The van der Waals surface area contributed by atoms with E-state index in [1.807, 2.05) is 13.1 Å². The van der Waals surface area contributed by atoms with Crippen LogP contribution in [0.1, 0.15) is 42.5 Å². The molecule has 0 aliphatic heterocycles. The average Bonchev–Trinajstić information content (AvgIpc) is 2.94. The fourth-order valence-corrected chi connectivity index (χ4v) is 2.81. The van der Waals surface area contributed by atoms with E-state index in [9.17, 15) is 0 Å². The molecule has 0 bridgehead atoms. The van der Waals surface area contributed by atoms with Gasteiger partial charge in [0.05, 0.1) is 25.5 Å². The van der Waals surface area contributed by atoms with Crippen molar-refractivity contribution in [1.82, 2.24) is 10.3 Å². The maximum Gasteiger partial charge on any atom is 0.128 e. The summed E-state index contributed by atoms with van der Waals surface area (Å²) in [5.41, 5.74) is 3.25. The highest BCUT2D eigenvalue weighted by Gasteiger charge is 2.14. The van der Waals surface area contributed by atoms with Gasteiger partial charge in [0.25, 0.3) is 0 Å². The summed E-state index contributed by atoms with van der Waals surface area (Å²) in [6.45, 7) is 6.49. The topological polar surface area (TPSA) is 43.4 Å². The summed E-state index contributed by atoms with van der Waals surface area (Å²) in [6.07, 6.45) is 7.48. The Hall–Kier alpha value is -1.13. The first-order chi connectivity index (χ1) is 9.72. The number of pyridine rings is 1. The summed E-state index contributed by atoms with van der Waals surface area (Å²) in [6, 6.07) is 0. The Kier molecular flexibility index (Phi) is 5.80. The van der Waals surface area contributed by atoms with Gasteiger partial charge in [-0.1, -0.05) is 12.8 Å². The van der Waals surface area contributed by atoms with Crippen LogP contribution in [-0.2, 0) is 11.3 Å². The van der Waals surface area contributed by atoms with Crippen molar-refractivity contribution in [2.45, 2.75) is 52.2 Å². The van der Waals surface area contributed by atoms with E-state index >= 15 is 0 Å². The molecule has 1 aliphatic rings. The molecular formula is C16H26N2O2. The van der Waals surface area contributed by atoms with E-state index in [4.69, 9.17) is 9.47 Å². The predicted molar refractivity (Wildman–Crippen MR) is 80.2 cm³/mol. The van der Waals surface area contributed by atoms with Crippen molar-refractivity contribution in [3.63, 3.8) is 0 Å². The summed E-state index contributed by atoms with van der Waals surface area (Å²) in [5.74, 6) is 0.944. The third-order valence-electron chi connectivity index (χ3n) is 3.98. The second-order valence-corrected chi connectivity index (χ2v) is 5.50. The molecule has 20 heavy (non-hydrogen) atoms. The van der Waals surface area contributed by atoms with Gasteiger partial charge in [0.1, 0.15) is 5.75 Å². The first-order valence-corrected chi connectivity index (χ1v) is 7.53. The van der Waals surface area contributed by atoms with Crippen LogP contribution in [0, 0.1) is 13.8 Å². The maximum atomic E-state index is 5.83. The lowest BCUT2D eigenvalue weighted by Gasteiger charge is -2.14. The zero-order chi connectivity index (χ0) is 14.4. The van der Waals surface area contributed by atoms with Crippen LogP contribution in [-0.4, -0.2) is 31.3 Å². The molecule has 1 saturated carbocycles. The summed E-state index contributed by atoms with van der Waals surface area (Å²) in [4.78, 5) is 4.48. The molecule has 1 heterocycles. The van der Waals surface area contributed by atoms with E-state index in [0.29, 0.717) is 6.10 Å². The van der Waals surface area contributed by atoms with Crippen molar-refractivity contribution in [3.05, 3.63) is 23.0 Å². The van der Waals surface area contributed by atoms with Gasteiger partial charge < -0.3 is 14.8 Å². The first-order valence-electron chi connectivity index (χ1n) is 7.53. The van der Waals surface area contributed by atoms with Crippen LogP contribution in [0.5, 0.6) is 5.75 Å². The lowest BCUT2D eigenvalue weighted by Crippen LogP contribution is -2.22. The standard InChI is InChI=1S/C16H26N2O2/c1-12-10-18-15(13(2)16(12)19-3)11-17-8-9-20-14-6-4-5-7-14/h10,14,17H,4-9,11H2,1-3H3.